The first-order valence-electron chi connectivity index (χ1n) is 4.18. The van der Waals surface area contributed by atoms with Gasteiger partial charge in [-0.25, -0.2) is 4.98 Å². The molecular weight excluding hydrogens is 197 g/mol. The van der Waals surface area contributed by atoms with E-state index in [1.807, 2.05) is 0 Å². The minimum absolute atomic E-state index is 0.266. The SMILES string of the molecule is Cc1nc(C(F)(F)F)oc1CCCN. The van der Waals surface area contributed by atoms with E-state index < -0.39 is 12.1 Å². The van der Waals surface area contributed by atoms with Crippen LogP contribution < -0.4 is 5.73 Å². The van der Waals surface area contributed by atoms with Crippen molar-refractivity contribution in [3.8, 4) is 0 Å². The summed E-state index contributed by atoms with van der Waals surface area (Å²) in [6.45, 7) is 1.91. The zero-order chi connectivity index (χ0) is 10.8. The Morgan fingerprint density at radius 1 is 1.43 bits per heavy atom. The Morgan fingerprint density at radius 2 is 2.07 bits per heavy atom. The molecule has 0 spiro atoms. The van der Waals surface area contributed by atoms with E-state index in [9.17, 15) is 13.2 Å². The number of hydrogen-bond donors (Lipinski definition) is 1. The summed E-state index contributed by atoms with van der Waals surface area (Å²) in [5.41, 5.74) is 5.52. The number of aromatic nitrogens is 1. The number of rotatable bonds is 3. The molecule has 2 N–H and O–H groups in total. The van der Waals surface area contributed by atoms with Crippen molar-refractivity contribution in [2.45, 2.75) is 25.9 Å². The third kappa shape index (κ3) is 2.47. The highest BCUT2D eigenvalue weighted by Crippen LogP contribution is 2.30. The van der Waals surface area contributed by atoms with Crippen LogP contribution in [0.25, 0.3) is 0 Å². The molecule has 0 aliphatic rings. The first-order valence-corrected chi connectivity index (χ1v) is 4.18. The maximum absolute atomic E-state index is 12.1. The van der Waals surface area contributed by atoms with E-state index in [2.05, 4.69) is 9.40 Å². The van der Waals surface area contributed by atoms with Gasteiger partial charge in [0.2, 0.25) is 0 Å². The van der Waals surface area contributed by atoms with E-state index in [1.54, 1.807) is 0 Å². The van der Waals surface area contributed by atoms with Crippen molar-refractivity contribution in [2.24, 2.45) is 5.73 Å². The Morgan fingerprint density at radius 3 is 2.50 bits per heavy atom. The molecule has 0 aromatic carbocycles. The maximum Gasteiger partial charge on any atom is 0.468 e. The van der Waals surface area contributed by atoms with Crippen LogP contribution in [0.4, 0.5) is 13.2 Å². The highest BCUT2D eigenvalue weighted by molar-refractivity contribution is 5.09. The molecule has 0 saturated heterocycles. The van der Waals surface area contributed by atoms with Crippen LogP contribution in [0, 0.1) is 6.92 Å². The Hall–Kier alpha value is -1.04. The fourth-order valence-electron chi connectivity index (χ4n) is 1.04. The zero-order valence-corrected chi connectivity index (χ0v) is 7.69. The van der Waals surface area contributed by atoms with Crippen molar-refractivity contribution in [1.82, 2.24) is 4.98 Å². The standard InChI is InChI=1S/C8H11F3N2O/c1-5-6(3-2-4-12)14-7(13-5)8(9,10)11/h2-4,12H2,1H3. The van der Waals surface area contributed by atoms with Gasteiger partial charge in [-0.2, -0.15) is 13.2 Å². The summed E-state index contributed by atoms with van der Waals surface area (Å²) in [6, 6.07) is 0. The lowest BCUT2D eigenvalue weighted by atomic mass is 10.2. The number of hydrogen-bond acceptors (Lipinski definition) is 3. The molecule has 0 unspecified atom stereocenters. The average molecular weight is 208 g/mol. The molecule has 6 heteroatoms. The predicted molar refractivity (Wildman–Crippen MR) is 43.6 cm³/mol. The van der Waals surface area contributed by atoms with Crippen LogP contribution in [0.5, 0.6) is 0 Å². The summed E-state index contributed by atoms with van der Waals surface area (Å²) in [5, 5.41) is 0. The van der Waals surface area contributed by atoms with E-state index in [-0.39, 0.29) is 11.5 Å². The van der Waals surface area contributed by atoms with E-state index in [4.69, 9.17) is 5.73 Å². The largest absolute Gasteiger partial charge is 0.468 e. The molecule has 14 heavy (non-hydrogen) atoms. The van der Waals surface area contributed by atoms with Crippen molar-refractivity contribution in [2.75, 3.05) is 6.54 Å². The zero-order valence-electron chi connectivity index (χ0n) is 7.69. The second-order valence-corrected chi connectivity index (χ2v) is 2.92. The van der Waals surface area contributed by atoms with Crippen LogP contribution in [-0.2, 0) is 12.6 Å². The molecule has 1 aromatic rings. The van der Waals surface area contributed by atoms with Crippen LogP contribution in [0.2, 0.25) is 0 Å². The molecule has 0 aliphatic heterocycles. The summed E-state index contributed by atoms with van der Waals surface area (Å²) < 4.78 is 41.0. The molecule has 1 rings (SSSR count). The predicted octanol–water partition coefficient (Wildman–Crippen LogP) is 1.89. The fourth-order valence-corrected chi connectivity index (χ4v) is 1.04. The molecule has 3 nitrogen and oxygen atoms in total. The quantitative estimate of drug-likeness (QED) is 0.825. The second-order valence-electron chi connectivity index (χ2n) is 2.92. The highest BCUT2D eigenvalue weighted by Gasteiger charge is 2.37. The van der Waals surface area contributed by atoms with E-state index in [0.29, 0.717) is 19.4 Å². The van der Waals surface area contributed by atoms with Crippen LogP contribution in [-0.4, -0.2) is 11.5 Å². The lowest BCUT2D eigenvalue weighted by Crippen LogP contribution is -2.04. The third-order valence-electron chi connectivity index (χ3n) is 1.74. The lowest BCUT2D eigenvalue weighted by Gasteiger charge is -1.98. The van der Waals surface area contributed by atoms with Gasteiger partial charge in [0.1, 0.15) is 5.76 Å². The molecule has 0 fully saturated rings. The van der Waals surface area contributed by atoms with Crippen molar-refractivity contribution >= 4 is 0 Å². The topological polar surface area (TPSA) is 52.0 Å². The average Bonchev–Trinajstić information content (AvgIpc) is 2.43. The molecule has 0 amide bonds. The number of alkyl halides is 3. The number of halogens is 3. The molecule has 1 heterocycles. The van der Waals surface area contributed by atoms with Crippen molar-refractivity contribution in [3.63, 3.8) is 0 Å². The molecule has 0 aliphatic carbocycles. The summed E-state index contributed by atoms with van der Waals surface area (Å²) >= 11 is 0. The molecule has 0 atom stereocenters. The van der Waals surface area contributed by atoms with Crippen molar-refractivity contribution in [3.05, 3.63) is 17.3 Å². The van der Waals surface area contributed by atoms with Crippen LogP contribution >= 0.6 is 0 Å². The van der Waals surface area contributed by atoms with Gasteiger partial charge in [0, 0.05) is 6.42 Å². The smallest absolute Gasteiger partial charge is 0.438 e. The van der Waals surface area contributed by atoms with Crippen LogP contribution in [0.3, 0.4) is 0 Å². The van der Waals surface area contributed by atoms with Gasteiger partial charge in [-0.05, 0) is 19.9 Å². The molecule has 0 bridgehead atoms. The molecule has 0 radical (unpaired) electrons. The number of oxazole rings is 1. The summed E-state index contributed by atoms with van der Waals surface area (Å²) in [4.78, 5) is 3.30. The Balaban J connectivity index is 2.82. The maximum atomic E-state index is 12.1. The highest BCUT2D eigenvalue weighted by atomic mass is 19.4. The van der Waals surface area contributed by atoms with Gasteiger partial charge in [-0.1, -0.05) is 0 Å². The molecule has 1 aromatic heterocycles. The van der Waals surface area contributed by atoms with E-state index in [0.717, 1.165) is 0 Å². The van der Waals surface area contributed by atoms with E-state index >= 15 is 0 Å². The second kappa shape index (κ2) is 4.00. The number of nitrogens with zero attached hydrogens (tertiary/aromatic N) is 1. The molecule has 0 saturated carbocycles. The van der Waals surface area contributed by atoms with Gasteiger partial charge in [0.05, 0.1) is 5.69 Å². The summed E-state index contributed by atoms with van der Waals surface area (Å²) in [7, 11) is 0. The monoisotopic (exact) mass is 208 g/mol. The van der Waals surface area contributed by atoms with Crippen molar-refractivity contribution in [1.29, 1.82) is 0 Å². The summed E-state index contributed by atoms with van der Waals surface area (Å²) in [5.74, 6) is -0.912. The molecule has 80 valence electrons. The first kappa shape index (κ1) is 11.0. The van der Waals surface area contributed by atoms with Crippen molar-refractivity contribution < 1.29 is 17.6 Å². The first-order chi connectivity index (χ1) is 6.45. The minimum Gasteiger partial charge on any atom is -0.438 e. The van der Waals surface area contributed by atoms with Gasteiger partial charge in [0.25, 0.3) is 0 Å². The fraction of sp³-hybridized carbons (Fsp3) is 0.625. The Kier molecular flexibility index (Phi) is 3.15. The van der Waals surface area contributed by atoms with Crippen LogP contribution in [0.1, 0.15) is 23.8 Å². The third-order valence-corrected chi connectivity index (χ3v) is 1.74. The Bertz CT molecular complexity index is 306. The normalized spacial score (nSPS) is 12.1. The minimum atomic E-state index is -4.51. The van der Waals surface area contributed by atoms with Gasteiger partial charge >= 0.3 is 12.1 Å². The number of nitrogens with two attached hydrogens (primary N) is 1. The van der Waals surface area contributed by atoms with Gasteiger partial charge < -0.3 is 10.2 Å². The lowest BCUT2D eigenvalue weighted by molar-refractivity contribution is -0.157. The van der Waals surface area contributed by atoms with Crippen LogP contribution in [0.15, 0.2) is 4.42 Å². The van der Waals surface area contributed by atoms with Gasteiger partial charge in [-0.3, -0.25) is 0 Å². The molecular formula is C8H11F3N2O. The van der Waals surface area contributed by atoms with E-state index in [1.165, 1.54) is 6.92 Å². The van der Waals surface area contributed by atoms with Gasteiger partial charge in [0.15, 0.2) is 0 Å². The summed E-state index contributed by atoms with van der Waals surface area (Å²) in [6.07, 6.45) is -3.52. The Labute approximate surface area is 79.1 Å². The number of aryl methyl sites for hydroxylation is 2. The van der Waals surface area contributed by atoms with Gasteiger partial charge in [-0.15, -0.1) is 0 Å².